The molecule has 0 aliphatic rings. The number of nitrogens with zero attached hydrogens (tertiary/aromatic N) is 3. The third-order valence-corrected chi connectivity index (χ3v) is 5.10. The Kier molecular flexibility index (Phi) is 5.37. The molecule has 3 aromatic heterocycles. The lowest BCUT2D eigenvalue weighted by Crippen LogP contribution is -2.36. The summed E-state index contributed by atoms with van der Waals surface area (Å²) in [6.07, 6.45) is 1.70. The van der Waals surface area contributed by atoms with Crippen molar-refractivity contribution in [1.29, 1.82) is 0 Å². The minimum Gasteiger partial charge on any atom is -0.383 e. The second-order valence-electron chi connectivity index (χ2n) is 7.47. The summed E-state index contributed by atoms with van der Waals surface area (Å²) in [5.41, 5.74) is 3.20. The third kappa shape index (κ3) is 3.59. The molecule has 0 saturated heterocycles. The first-order valence-corrected chi connectivity index (χ1v) is 9.84. The number of ether oxygens (including phenoxy) is 1. The normalized spacial score (nSPS) is 12.4. The second kappa shape index (κ2) is 8.12. The van der Waals surface area contributed by atoms with Gasteiger partial charge in [-0.15, -0.1) is 0 Å². The molecule has 3 heterocycles. The lowest BCUT2D eigenvalue weighted by molar-refractivity contribution is 0.0897. The van der Waals surface area contributed by atoms with Crippen LogP contribution in [0.25, 0.3) is 16.7 Å². The number of hydrogen-bond donors (Lipinski definition) is 1. The van der Waals surface area contributed by atoms with Gasteiger partial charge in [-0.05, 0) is 37.1 Å². The van der Waals surface area contributed by atoms with E-state index in [1.54, 1.807) is 19.4 Å². The number of benzene rings is 1. The minimum atomic E-state index is -0.265. The van der Waals surface area contributed by atoms with Gasteiger partial charge in [0.15, 0.2) is 0 Å². The van der Waals surface area contributed by atoms with Crippen LogP contribution in [0, 0.1) is 6.92 Å². The van der Waals surface area contributed by atoms with Gasteiger partial charge in [-0.2, -0.15) is 0 Å². The van der Waals surface area contributed by atoms with Gasteiger partial charge in [-0.3, -0.25) is 14.0 Å². The number of amides is 1. The van der Waals surface area contributed by atoms with Crippen LogP contribution in [0.2, 0.25) is 0 Å². The monoisotopic (exact) mass is 404 g/mol. The van der Waals surface area contributed by atoms with Crippen LogP contribution < -0.4 is 10.9 Å². The molecule has 0 radical (unpaired) electrons. The summed E-state index contributed by atoms with van der Waals surface area (Å²) >= 11 is 0. The molecule has 154 valence electrons. The average molecular weight is 404 g/mol. The molecule has 1 amide bonds. The summed E-state index contributed by atoms with van der Waals surface area (Å²) in [6.45, 7) is 4.61. The van der Waals surface area contributed by atoms with Crippen molar-refractivity contribution in [2.75, 3.05) is 13.7 Å². The highest BCUT2D eigenvalue weighted by Crippen LogP contribution is 2.20. The summed E-state index contributed by atoms with van der Waals surface area (Å²) in [5, 5.41) is 3.35. The number of carbonyl (C=O) groups excluding carboxylic acids is 1. The van der Waals surface area contributed by atoms with E-state index < -0.39 is 0 Å². The van der Waals surface area contributed by atoms with E-state index in [9.17, 15) is 9.59 Å². The predicted octanol–water partition coefficient (Wildman–Crippen LogP) is 2.77. The van der Waals surface area contributed by atoms with E-state index in [-0.39, 0.29) is 17.5 Å². The van der Waals surface area contributed by atoms with Gasteiger partial charge in [0.1, 0.15) is 17.0 Å². The van der Waals surface area contributed by atoms with Crippen LogP contribution in [-0.2, 0) is 11.3 Å². The highest BCUT2D eigenvalue weighted by atomic mass is 16.5. The highest BCUT2D eigenvalue weighted by Gasteiger charge is 2.21. The van der Waals surface area contributed by atoms with Gasteiger partial charge < -0.3 is 14.6 Å². The van der Waals surface area contributed by atoms with Crippen LogP contribution in [-0.4, -0.2) is 39.6 Å². The Labute approximate surface area is 173 Å². The number of fused-ring (bicyclic) bond motifs is 2. The summed E-state index contributed by atoms with van der Waals surface area (Å²) in [6, 6.07) is 15.0. The van der Waals surface area contributed by atoms with Crippen molar-refractivity contribution in [1.82, 2.24) is 19.3 Å². The molecular weight excluding hydrogens is 380 g/mol. The molecule has 1 aromatic carbocycles. The molecule has 7 heteroatoms. The molecule has 30 heavy (non-hydrogen) atoms. The number of aryl methyl sites for hydroxylation is 1. The Morgan fingerprint density at radius 1 is 1.17 bits per heavy atom. The third-order valence-electron chi connectivity index (χ3n) is 5.10. The van der Waals surface area contributed by atoms with Gasteiger partial charge in [0.05, 0.1) is 12.0 Å². The van der Waals surface area contributed by atoms with Crippen molar-refractivity contribution >= 4 is 22.6 Å². The maximum Gasteiger partial charge on any atom is 0.268 e. The summed E-state index contributed by atoms with van der Waals surface area (Å²) in [7, 11) is 1.59. The lowest BCUT2D eigenvalue weighted by Gasteiger charge is -2.15. The molecule has 4 rings (SSSR count). The van der Waals surface area contributed by atoms with E-state index in [0.29, 0.717) is 35.5 Å². The molecule has 0 aliphatic carbocycles. The largest absolute Gasteiger partial charge is 0.383 e. The van der Waals surface area contributed by atoms with Gasteiger partial charge in [0, 0.05) is 25.9 Å². The van der Waals surface area contributed by atoms with E-state index in [1.807, 2.05) is 60.9 Å². The Morgan fingerprint density at radius 2 is 1.93 bits per heavy atom. The zero-order valence-corrected chi connectivity index (χ0v) is 17.3. The van der Waals surface area contributed by atoms with Crippen molar-refractivity contribution in [3.05, 3.63) is 81.9 Å². The topological polar surface area (TPSA) is 77.6 Å². The number of nitrogens with one attached hydrogen (secondary N) is 1. The van der Waals surface area contributed by atoms with Crippen molar-refractivity contribution in [2.45, 2.75) is 26.4 Å². The number of carbonyl (C=O) groups is 1. The summed E-state index contributed by atoms with van der Waals surface area (Å²) < 4.78 is 8.46. The molecule has 0 spiro atoms. The average Bonchev–Trinajstić information content (AvgIpc) is 3.09. The smallest absolute Gasteiger partial charge is 0.268 e. The number of hydrogen-bond acceptors (Lipinski definition) is 4. The first-order valence-electron chi connectivity index (χ1n) is 9.84. The van der Waals surface area contributed by atoms with Crippen molar-refractivity contribution < 1.29 is 9.53 Å². The zero-order chi connectivity index (χ0) is 21.3. The van der Waals surface area contributed by atoms with Crippen molar-refractivity contribution in [2.24, 2.45) is 0 Å². The standard InChI is InChI=1S/C23H24N4O3/c1-15-8-7-11-26-20(15)25-21-18(23(26)29)12-19(22(28)24-16(2)14-30-3)27(21)13-17-9-5-4-6-10-17/h4-12,16H,13-14H2,1-3H3,(H,24,28)/t16-/m1/s1. The molecule has 1 N–H and O–H groups in total. The predicted molar refractivity (Wildman–Crippen MR) is 116 cm³/mol. The maximum atomic E-state index is 13.2. The number of methoxy groups -OCH3 is 1. The number of rotatable bonds is 6. The first kappa shape index (κ1) is 19.8. The Bertz CT molecular complexity index is 1270. The molecule has 0 aliphatic heterocycles. The first-order chi connectivity index (χ1) is 14.5. The van der Waals surface area contributed by atoms with Crippen LogP contribution in [0.3, 0.4) is 0 Å². The fourth-order valence-corrected chi connectivity index (χ4v) is 3.66. The molecule has 4 aromatic rings. The molecule has 0 bridgehead atoms. The van der Waals surface area contributed by atoms with E-state index in [2.05, 4.69) is 5.32 Å². The molecular formula is C23H24N4O3. The fraction of sp³-hybridized carbons (Fsp3) is 0.261. The van der Waals surface area contributed by atoms with Crippen molar-refractivity contribution in [3.63, 3.8) is 0 Å². The van der Waals surface area contributed by atoms with Gasteiger partial charge in [0.2, 0.25) is 0 Å². The van der Waals surface area contributed by atoms with E-state index in [0.717, 1.165) is 11.1 Å². The second-order valence-corrected chi connectivity index (χ2v) is 7.47. The van der Waals surface area contributed by atoms with E-state index in [4.69, 9.17) is 9.72 Å². The van der Waals surface area contributed by atoms with Gasteiger partial charge in [-0.1, -0.05) is 36.4 Å². The van der Waals surface area contributed by atoms with Gasteiger partial charge in [-0.25, -0.2) is 4.98 Å². The maximum absolute atomic E-state index is 13.2. The van der Waals surface area contributed by atoms with Crippen LogP contribution in [0.5, 0.6) is 0 Å². The molecule has 0 unspecified atom stereocenters. The summed E-state index contributed by atoms with van der Waals surface area (Å²) in [5.74, 6) is -0.265. The van der Waals surface area contributed by atoms with Crippen molar-refractivity contribution in [3.8, 4) is 0 Å². The lowest BCUT2D eigenvalue weighted by atomic mass is 10.2. The molecule has 0 saturated carbocycles. The van der Waals surface area contributed by atoms with Crippen LogP contribution >= 0.6 is 0 Å². The summed E-state index contributed by atoms with van der Waals surface area (Å²) in [4.78, 5) is 31.0. The Hall–Kier alpha value is -3.45. The highest BCUT2D eigenvalue weighted by molar-refractivity contribution is 5.98. The molecule has 7 nitrogen and oxygen atoms in total. The number of pyridine rings is 1. The van der Waals surface area contributed by atoms with Crippen LogP contribution in [0.1, 0.15) is 28.5 Å². The van der Waals surface area contributed by atoms with Gasteiger partial charge >= 0.3 is 0 Å². The van der Waals surface area contributed by atoms with Gasteiger partial charge in [0.25, 0.3) is 11.5 Å². The van der Waals surface area contributed by atoms with Crippen LogP contribution in [0.4, 0.5) is 0 Å². The SMILES string of the molecule is COC[C@@H](C)NC(=O)c1cc2c(=O)n3cccc(C)c3nc2n1Cc1ccccc1. The molecule has 1 atom stereocenters. The van der Waals surface area contributed by atoms with E-state index >= 15 is 0 Å². The minimum absolute atomic E-state index is 0.166. The number of aromatic nitrogens is 3. The zero-order valence-electron chi connectivity index (χ0n) is 17.3. The van der Waals surface area contributed by atoms with E-state index in [1.165, 1.54) is 4.40 Å². The van der Waals surface area contributed by atoms with Crippen LogP contribution in [0.15, 0.2) is 59.5 Å². The molecule has 0 fully saturated rings. The Morgan fingerprint density at radius 3 is 2.67 bits per heavy atom. The quantitative estimate of drug-likeness (QED) is 0.536. The Balaban J connectivity index is 1.93. The fourth-order valence-electron chi connectivity index (χ4n) is 3.66.